The molecule has 0 unspecified atom stereocenters. The topological polar surface area (TPSA) is 58.6 Å². The van der Waals surface area contributed by atoms with E-state index in [-0.39, 0.29) is 6.54 Å². The molecule has 0 aliphatic heterocycles. The highest BCUT2D eigenvalue weighted by atomic mass is 35.5. The maximum Gasteiger partial charge on any atom is 0.282 e. The molecule has 0 aliphatic carbocycles. The van der Waals surface area contributed by atoms with E-state index in [2.05, 4.69) is 5.32 Å². The summed E-state index contributed by atoms with van der Waals surface area (Å²) in [5.41, 5.74) is 0.769. The summed E-state index contributed by atoms with van der Waals surface area (Å²) in [5.74, 6) is -0.879. The van der Waals surface area contributed by atoms with Gasteiger partial charge < -0.3 is 15.2 Å². The van der Waals surface area contributed by atoms with Gasteiger partial charge in [-0.15, -0.1) is 0 Å². The minimum absolute atomic E-state index is 0.259. The number of halogens is 2. The SMILES string of the molecule is CCO/C(O)=C/C(=O)NCc1cc(Cl)cc(Cl)c1. The van der Waals surface area contributed by atoms with Crippen molar-refractivity contribution < 1.29 is 14.6 Å². The molecule has 98 valence electrons. The lowest BCUT2D eigenvalue weighted by Crippen LogP contribution is -2.21. The third kappa shape index (κ3) is 5.29. The summed E-state index contributed by atoms with van der Waals surface area (Å²) in [5, 5.41) is 12.7. The fourth-order valence-electron chi connectivity index (χ4n) is 1.25. The average Bonchev–Trinajstić information content (AvgIpc) is 2.25. The van der Waals surface area contributed by atoms with Gasteiger partial charge in [-0.1, -0.05) is 23.2 Å². The number of hydrogen-bond donors (Lipinski definition) is 2. The van der Waals surface area contributed by atoms with Gasteiger partial charge in [-0.25, -0.2) is 0 Å². The van der Waals surface area contributed by atoms with E-state index >= 15 is 0 Å². The number of carbonyl (C=O) groups is 1. The molecule has 2 N–H and O–H groups in total. The molecule has 1 aromatic carbocycles. The van der Waals surface area contributed by atoms with E-state index in [4.69, 9.17) is 33.0 Å². The van der Waals surface area contributed by atoms with Gasteiger partial charge in [-0.2, -0.15) is 0 Å². The molecule has 0 aromatic heterocycles. The normalized spacial score (nSPS) is 11.2. The number of aliphatic hydroxyl groups is 1. The van der Waals surface area contributed by atoms with Crippen molar-refractivity contribution in [1.82, 2.24) is 5.32 Å². The molecular formula is C12H13Cl2NO3. The largest absolute Gasteiger partial charge is 0.481 e. The molecule has 0 bridgehead atoms. The fourth-order valence-corrected chi connectivity index (χ4v) is 1.83. The van der Waals surface area contributed by atoms with Crippen LogP contribution in [0, 0.1) is 0 Å². The molecule has 0 aliphatic rings. The molecular weight excluding hydrogens is 277 g/mol. The Morgan fingerprint density at radius 3 is 2.56 bits per heavy atom. The minimum atomic E-state index is -0.461. The zero-order chi connectivity index (χ0) is 13.5. The second-order valence-electron chi connectivity index (χ2n) is 3.41. The van der Waals surface area contributed by atoms with Crippen molar-refractivity contribution in [2.45, 2.75) is 13.5 Å². The first-order valence-corrected chi connectivity index (χ1v) is 6.03. The molecule has 6 heteroatoms. The second kappa shape index (κ2) is 7.13. The summed E-state index contributed by atoms with van der Waals surface area (Å²) in [6.45, 7) is 2.25. The van der Waals surface area contributed by atoms with Gasteiger partial charge in [-0.05, 0) is 30.7 Å². The van der Waals surface area contributed by atoms with Crippen molar-refractivity contribution >= 4 is 29.1 Å². The van der Waals surface area contributed by atoms with E-state index in [9.17, 15) is 4.79 Å². The summed E-state index contributed by atoms with van der Waals surface area (Å²) < 4.78 is 4.72. The van der Waals surface area contributed by atoms with Crippen LogP contribution in [0.4, 0.5) is 0 Å². The highest BCUT2D eigenvalue weighted by molar-refractivity contribution is 6.34. The predicted octanol–water partition coefficient (Wildman–Crippen LogP) is 3.05. The molecule has 1 rings (SSSR count). The van der Waals surface area contributed by atoms with Crippen molar-refractivity contribution in [3.63, 3.8) is 0 Å². The van der Waals surface area contributed by atoms with Crippen LogP contribution >= 0.6 is 23.2 Å². The van der Waals surface area contributed by atoms with E-state index in [1.807, 2.05) is 0 Å². The highest BCUT2D eigenvalue weighted by Gasteiger charge is 2.03. The summed E-state index contributed by atoms with van der Waals surface area (Å²) in [7, 11) is 0. The van der Waals surface area contributed by atoms with Crippen LogP contribution in [0.2, 0.25) is 10.0 Å². The van der Waals surface area contributed by atoms with E-state index in [1.165, 1.54) is 0 Å². The van der Waals surface area contributed by atoms with E-state index < -0.39 is 11.9 Å². The maximum atomic E-state index is 11.4. The van der Waals surface area contributed by atoms with Crippen molar-refractivity contribution in [3.05, 3.63) is 45.8 Å². The fraction of sp³-hybridized carbons (Fsp3) is 0.250. The van der Waals surface area contributed by atoms with Crippen LogP contribution in [0.5, 0.6) is 0 Å². The lowest BCUT2D eigenvalue weighted by atomic mass is 10.2. The Morgan fingerprint density at radius 2 is 2.00 bits per heavy atom. The van der Waals surface area contributed by atoms with E-state index in [0.29, 0.717) is 16.7 Å². The number of hydrogen-bond acceptors (Lipinski definition) is 3. The first-order chi connectivity index (χ1) is 8.51. The van der Waals surface area contributed by atoms with Crippen molar-refractivity contribution in [3.8, 4) is 0 Å². The zero-order valence-corrected chi connectivity index (χ0v) is 11.3. The maximum absolute atomic E-state index is 11.4. The van der Waals surface area contributed by atoms with Crippen LogP contribution < -0.4 is 5.32 Å². The lowest BCUT2D eigenvalue weighted by molar-refractivity contribution is -0.117. The molecule has 0 saturated carbocycles. The molecule has 0 heterocycles. The van der Waals surface area contributed by atoms with Crippen molar-refractivity contribution in [1.29, 1.82) is 0 Å². The number of ether oxygens (including phenoxy) is 1. The lowest BCUT2D eigenvalue weighted by Gasteiger charge is -2.05. The molecule has 0 spiro atoms. The van der Waals surface area contributed by atoms with E-state index in [0.717, 1.165) is 11.6 Å². The molecule has 18 heavy (non-hydrogen) atoms. The first-order valence-electron chi connectivity index (χ1n) is 5.27. The smallest absolute Gasteiger partial charge is 0.282 e. The Morgan fingerprint density at radius 1 is 1.39 bits per heavy atom. The quantitative estimate of drug-likeness (QED) is 0.647. The second-order valence-corrected chi connectivity index (χ2v) is 4.28. The molecule has 0 atom stereocenters. The van der Waals surface area contributed by atoms with Gasteiger partial charge in [0.1, 0.15) is 0 Å². The van der Waals surface area contributed by atoms with Gasteiger partial charge in [0.25, 0.3) is 11.9 Å². The standard InChI is InChI=1S/C12H13Cl2NO3/c1-2-18-12(17)6-11(16)15-7-8-3-9(13)5-10(14)4-8/h3-6,17H,2,7H2,1H3,(H,15,16)/b12-6+. The first kappa shape index (κ1) is 14.7. The zero-order valence-electron chi connectivity index (χ0n) is 9.74. The molecule has 0 radical (unpaired) electrons. The van der Waals surface area contributed by atoms with Crippen LogP contribution in [0.15, 0.2) is 30.2 Å². The van der Waals surface area contributed by atoms with Gasteiger partial charge in [-0.3, -0.25) is 4.79 Å². The number of amides is 1. The Hall–Kier alpha value is -1.39. The Balaban J connectivity index is 2.54. The predicted molar refractivity (Wildman–Crippen MR) is 70.6 cm³/mol. The van der Waals surface area contributed by atoms with Gasteiger partial charge >= 0.3 is 0 Å². The summed E-state index contributed by atoms with van der Waals surface area (Å²) in [6.07, 6.45) is 0.968. The highest BCUT2D eigenvalue weighted by Crippen LogP contribution is 2.18. The third-order valence-corrected chi connectivity index (χ3v) is 2.37. The molecule has 1 amide bonds. The number of carbonyl (C=O) groups excluding carboxylic acids is 1. The van der Waals surface area contributed by atoms with Crippen molar-refractivity contribution in [2.24, 2.45) is 0 Å². The number of nitrogens with one attached hydrogen (secondary N) is 1. The number of rotatable bonds is 5. The van der Waals surface area contributed by atoms with Crippen LogP contribution in [-0.2, 0) is 16.1 Å². The Kier molecular flexibility index (Phi) is 5.82. The van der Waals surface area contributed by atoms with Gasteiger partial charge in [0.05, 0.1) is 12.7 Å². The summed E-state index contributed by atoms with van der Waals surface area (Å²) >= 11 is 11.6. The minimum Gasteiger partial charge on any atom is -0.481 e. The molecule has 1 aromatic rings. The monoisotopic (exact) mass is 289 g/mol. The Bertz CT molecular complexity index is 440. The summed E-state index contributed by atoms with van der Waals surface area (Å²) in [6, 6.07) is 4.99. The molecule has 4 nitrogen and oxygen atoms in total. The number of aliphatic hydroxyl groups excluding tert-OH is 1. The van der Waals surface area contributed by atoms with Crippen LogP contribution in [0.1, 0.15) is 12.5 Å². The average molecular weight is 290 g/mol. The Labute approximate surface area is 115 Å². The number of benzene rings is 1. The van der Waals surface area contributed by atoms with Gasteiger partial charge in [0.2, 0.25) is 0 Å². The third-order valence-electron chi connectivity index (χ3n) is 1.94. The van der Waals surface area contributed by atoms with Crippen LogP contribution in [-0.4, -0.2) is 17.6 Å². The molecule has 0 fully saturated rings. The van der Waals surface area contributed by atoms with Crippen LogP contribution in [0.3, 0.4) is 0 Å². The van der Waals surface area contributed by atoms with Gasteiger partial charge in [0, 0.05) is 16.6 Å². The van der Waals surface area contributed by atoms with Crippen LogP contribution in [0.25, 0.3) is 0 Å². The van der Waals surface area contributed by atoms with Crippen molar-refractivity contribution in [2.75, 3.05) is 6.61 Å². The summed E-state index contributed by atoms with van der Waals surface area (Å²) in [4.78, 5) is 11.4. The van der Waals surface area contributed by atoms with E-state index in [1.54, 1.807) is 25.1 Å². The van der Waals surface area contributed by atoms with Gasteiger partial charge in [0.15, 0.2) is 0 Å². The molecule has 0 saturated heterocycles.